The Morgan fingerprint density at radius 3 is 2.30 bits per heavy atom. The normalized spacial score (nSPS) is 17.2. The van der Waals surface area contributed by atoms with E-state index in [2.05, 4.69) is 22.6 Å². The van der Waals surface area contributed by atoms with Crippen LogP contribution in [0.1, 0.15) is 30.1 Å². The minimum atomic E-state index is -2.98. The molecule has 1 aliphatic rings. The number of amides is 1. The van der Waals surface area contributed by atoms with Crippen LogP contribution in [0, 0.1) is 3.57 Å². The second-order valence-electron chi connectivity index (χ2n) is 4.95. The van der Waals surface area contributed by atoms with Crippen LogP contribution >= 0.6 is 22.6 Å². The molecule has 1 aromatic carbocycles. The van der Waals surface area contributed by atoms with Crippen LogP contribution in [0.2, 0.25) is 0 Å². The fourth-order valence-corrected chi connectivity index (χ4v) is 4.19. The van der Waals surface area contributed by atoms with Crippen molar-refractivity contribution in [3.8, 4) is 0 Å². The van der Waals surface area contributed by atoms with E-state index in [1.165, 1.54) is 0 Å². The predicted octanol–water partition coefficient (Wildman–Crippen LogP) is 2.33. The molecule has 0 aromatic heterocycles. The van der Waals surface area contributed by atoms with Gasteiger partial charge in [0.15, 0.2) is 9.84 Å². The molecule has 0 aliphatic carbocycles. The Kier molecular flexibility index (Phi) is 5.06. The van der Waals surface area contributed by atoms with Gasteiger partial charge in [-0.05, 0) is 59.7 Å². The third-order valence-corrected chi connectivity index (χ3v) is 6.74. The zero-order valence-corrected chi connectivity index (χ0v) is 14.4. The fourth-order valence-electron chi connectivity index (χ4n) is 2.43. The van der Waals surface area contributed by atoms with Crippen LogP contribution in [0.15, 0.2) is 24.3 Å². The van der Waals surface area contributed by atoms with Gasteiger partial charge in [0, 0.05) is 28.0 Å². The minimum Gasteiger partial charge on any atom is -0.339 e. The smallest absolute Gasteiger partial charge is 0.253 e. The summed E-state index contributed by atoms with van der Waals surface area (Å²) in [5.41, 5.74) is 0.669. The Bertz CT molecular complexity index is 575. The molecule has 0 N–H and O–H groups in total. The van der Waals surface area contributed by atoms with E-state index in [0.29, 0.717) is 31.5 Å². The molecule has 0 spiro atoms. The summed E-state index contributed by atoms with van der Waals surface area (Å²) in [6.07, 6.45) is 1.10. The summed E-state index contributed by atoms with van der Waals surface area (Å²) in [5.74, 6) is 0.177. The summed E-state index contributed by atoms with van der Waals surface area (Å²) in [5, 5.41) is -0.284. The molecule has 20 heavy (non-hydrogen) atoms. The lowest BCUT2D eigenvalue weighted by atomic mass is 10.1. The van der Waals surface area contributed by atoms with Gasteiger partial charge in [-0.1, -0.05) is 6.92 Å². The summed E-state index contributed by atoms with van der Waals surface area (Å²) >= 11 is 2.20. The number of carbonyl (C=O) groups excluding carboxylic acids is 1. The van der Waals surface area contributed by atoms with E-state index in [9.17, 15) is 13.2 Å². The van der Waals surface area contributed by atoms with Crippen LogP contribution < -0.4 is 0 Å². The van der Waals surface area contributed by atoms with Gasteiger partial charge in [0.05, 0.1) is 5.25 Å². The number of hydrogen-bond acceptors (Lipinski definition) is 3. The maximum Gasteiger partial charge on any atom is 0.253 e. The van der Waals surface area contributed by atoms with Crippen molar-refractivity contribution in [1.29, 1.82) is 0 Å². The quantitative estimate of drug-likeness (QED) is 0.723. The molecule has 0 bridgehead atoms. The number of likely N-dealkylation sites (tertiary alicyclic amines) is 1. The summed E-state index contributed by atoms with van der Waals surface area (Å²) < 4.78 is 24.8. The van der Waals surface area contributed by atoms with Crippen LogP contribution in [0.4, 0.5) is 0 Å². The molecule has 1 saturated heterocycles. The van der Waals surface area contributed by atoms with Crippen LogP contribution in [0.5, 0.6) is 0 Å². The number of piperidine rings is 1. The van der Waals surface area contributed by atoms with Gasteiger partial charge in [0.25, 0.3) is 5.91 Å². The van der Waals surface area contributed by atoms with Gasteiger partial charge in [-0.3, -0.25) is 4.79 Å². The molecule has 6 heteroatoms. The number of sulfone groups is 1. The Labute approximate surface area is 133 Å². The van der Waals surface area contributed by atoms with E-state index in [1.807, 2.05) is 24.3 Å². The largest absolute Gasteiger partial charge is 0.339 e. The third-order valence-electron chi connectivity index (χ3n) is 3.73. The van der Waals surface area contributed by atoms with E-state index in [4.69, 9.17) is 0 Å². The molecule has 1 aromatic rings. The molecule has 0 unspecified atom stereocenters. The van der Waals surface area contributed by atoms with E-state index >= 15 is 0 Å². The van der Waals surface area contributed by atoms with Crippen molar-refractivity contribution < 1.29 is 13.2 Å². The summed E-state index contributed by atoms with van der Waals surface area (Å²) in [4.78, 5) is 14.1. The maximum absolute atomic E-state index is 12.3. The van der Waals surface area contributed by atoms with Gasteiger partial charge >= 0.3 is 0 Å². The van der Waals surface area contributed by atoms with Gasteiger partial charge < -0.3 is 4.90 Å². The molecule has 0 saturated carbocycles. The molecule has 1 heterocycles. The third kappa shape index (κ3) is 3.52. The molecular formula is C14H18INO3S. The van der Waals surface area contributed by atoms with Crippen molar-refractivity contribution in [2.24, 2.45) is 0 Å². The van der Waals surface area contributed by atoms with E-state index in [0.717, 1.165) is 3.57 Å². The molecule has 1 aliphatic heterocycles. The van der Waals surface area contributed by atoms with Gasteiger partial charge in [-0.2, -0.15) is 0 Å². The Hall–Kier alpha value is -0.630. The molecular weight excluding hydrogens is 389 g/mol. The first kappa shape index (κ1) is 15.8. The average molecular weight is 407 g/mol. The molecule has 1 amide bonds. The van der Waals surface area contributed by atoms with E-state index < -0.39 is 9.84 Å². The minimum absolute atomic E-state index is 0.00579. The number of benzene rings is 1. The van der Waals surface area contributed by atoms with Crippen molar-refractivity contribution in [3.63, 3.8) is 0 Å². The molecule has 110 valence electrons. The zero-order chi connectivity index (χ0) is 14.8. The summed E-state index contributed by atoms with van der Waals surface area (Å²) in [6.45, 7) is 2.72. The maximum atomic E-state index is 12.3. The highest BCUT2D eigenvalue weighted by Crippen LogP contribution is 2.20. The standard InChI is InChI=1S/C14H18INO3S/c1-2-20(18,19)13-7-9-16(10-8-13)14(17)11-3-5-12(15)6-4-11/h3-6,13H,2,7-10H2,1H3. The van der Waals surface area contributed by atoms with Crippen LogP contribution in [-0.2, 0) is 9.84 Å². The van der Waals surface area contributed by atoms with Gasteiger partial charge in [-0.15, -0.1) is 0 Å². The molecule has 0 radical (unpaired) electrons. The molecule has 0 atom stereocenters. The first-order chi connectivity index (χ1) is 9.44. The highest BCUT2D eigenvalue weighted by atomic mass is 127. The lowest BCUT2D eigenvalue weighted by Gasteiger charge is -2.31. The highest BCUT2D eigenvalue weighted by molar-refractivity contribution is 14.1. The SMILES string of the molecule is CCS(=O)(=O)C1CCN(C(=O)c2ccc(I)cc2)CC1. The Balaban J connectivity index is 2.00. The molecule has 1 fully saturated rings. The Morgan fingerprint density at radius 2 is 1.80 bits per heavy atom. The number of carbonyl (C=O) groups is 1. The molecule has 4 nitrogen and oxygen atoms in total. The number of hydrogen-bond donors (Lipinski definition) is 0. The fraction of sp³-hybridized carbons (Fsp3) is 0.500. The van der Waals surface area contributed by atoms with Gasteiger partial charge in [0.1, 0.15) is 0 Å². The summed E-state index contributed by atoms with van der Waals surface area (Å²) in [6, 6.07) is 7.45. The van der Waals surface area contributed by atoms with Crippen LogP contribution in [0.3, 0.4) is 0 Å². The molecule has 2 rings (SSSR count). The van der Waals surface area contributed by atoms with Crippen molar-refractivity contribution in [1.82, 2.24) is 4.90 Å². The lowest BCUT2D eigenvalue weighted by molar-refractivity contribution is 0.0725. The van der Waals surface area contributed by atoms with Crippen molar-refractivity contribution in [3.05, 3.63) is 33.4 Å². The zero-order valence-electron chi connectivity index (χ0n) is 11.4. The van der Waals surface area contributed by atoms with Crippen LogP contribution in [-0.4, -0.2) is 43.3 Å². The van der Waals surface area contributed by atoms with Crippen molar-refractivity contribution >= 4 is 38.3 Å². The topological polar surface area (TPSA) is 54.5 Å². The highest BCUT2D eigenvalue weighted by Gasteiger charge is 2.30. The average Bonchev–Trinajstić information content (AvgIpc) is 2.47. The Morgan fingerprint density at radius 1 is 1.25 bits per heavy atom. The number of rotatable bonds is 3. The first-order valence-electron chi connectivity index (χ1n) is 6.70. The van der Waals surface area contributed by atoms with Crippen LogP contribution in [0.25, 0.3) is 0 Å². The van der Waals surface area contributed by atoms with Crippen molar-refractivity contribution in [2.45, 2.75) is 25.0 Å². The second-order valence-corrected chi connectivity index (χ2v) is 8.77. The van der Waals surface area contributed by atoms with E-state index in [1.54, 1.807) is 11.8 Å². The predicted molar refractivity (Wildman–Crippen MR) is 87.5 cm³/mol. The lowest BCUT2D eigenvalue weighted by Crippen LogP contribution is -2.42. The van der Waals surface area contributed by atoms with Gasteiger partial charge in [-0.25, -0.2) is 8.42 Å². The van der Waals surface area contributed by atoms with E-state index in [-0.39, 0.29) is 16.9 Å². The van der Waals surface area contributed by atoms with Gasteiger partial charge in [0.2, 0.25) is 0 Å². The summed E-state index contributed by atoms with van der Waals surface area (Å²) in [7, 11) is -2.98. The second kappa shape index (κ2) is 6.43. The number of halogens is 1. The van der Waals surface area contributed by atoms with Crippen molar-refractivity contribution in [2.75, 3.05) is 18.8 Å². The first-order valence-corrected chi connectivity index (χ1v) is 9.50. The number of nitrogens with zero attached hydrogens (tertiary/aromatic N) is 1. The monoisotopic (exact) mass is 407 g/mol.